The quantitative estimate of drug-likeness (QED) is 0.790. The van der Waals surface area contributed by atoms with E-state index >= 15 is 0 Å². The van der Waals surface area contributed by atoms with Gasteiger partial charge >= 0.3 is 0 Å². The Morgan fingerprint density at radius 1 is 1.00 bits per heavy atom. The van der Waals surface area contributed by atoms with Gasteiger partial charge in [-0.2, -0.15) is 0 Å². The van der Waals surface area contributed by atoms with Gasteiger partial charge in [0.1, 0.15) is 0 Å². The van der Waals surface area contributed by atoms with Crippen molar-refractivity contribution >= 4 is 0 Å². The predicted octanol–water partition coefficient (Wildman–Crippen LogP) is 3.95. The first kappa shape index (κ1) is 15.5. The molecule has 0 amide bonds. The Morgan fingerprint density at radius 2 is 1.60 bits per heavy atom. The van der Waals surface area contributed by atoms with E-state index in [1.807, 2.05) is 0 Å². The van der Waals surface area contributed by atoms with Crippen molar-refractivity contribution in [1.29, 1.82) is 0 Å². The molecule has 1 N–H and O–H groups in total. The number of hydrogen-bond acceptors (Lipinski definition) is 2. The highest BCUT2D eigenvalue weighted by Crippen LogP contribution is 2.22. The normalized spacial score (nSPS) is 17.4. The number of benzene rings is 1. The van der Waals surface area contributed by atoms with E-state index in [-0.39, 0.29) is 0 Å². The van der Waals surface area contributed by atoms with Crippen LogP contribution in [0.4, 0.5) is 0 Å². The van der Waals surface area contributed by atoms with Gasteiger partial charge in [-0.1, -0.05) is 56.9 Å². The molecule has 0 radical (unpaired) electrons. The van der Waals surface area contributed by atoms with Gasteiger partial charge in [0.05, 0.1) is 0 Å². The summed E-state index contributed by atoms with van der Waals surface area (Å²) in [5.41, 5.74) is 2.82. The zero-order chi connectivity index (χ0) is 14.2. The van der Waals surface area contributed by atoms with Gasteiger partial charge in [-0.15, -0.1) is 0 Å². The summed E-state index contributed by atoms with van der Waals surface area (Å²) in [6.07, 6.45) is 8.46. The summed E-state index contributed by atoms with van der Waals surface area (Å²) < 4.78 is 0. The van der Waals surface area contributed by atoms with Gasteiger partial charge in [0.15, 0.2) is 0 Å². The standard InChI is InChI=1S/C18H30N2/c1-3-19-14-16-10-12-17(13-11-16)15-20(2)18-8-6-4-5-7-9-18/h10-13,18-19H,3-9,14-15H2,1-2H3. The number of nitrogens with zero attached hydrogens (tertiary/aromatic N) is 1. The van der Waals surface area contributed by atoms with Crippen molar-refractivity contribution in [2.75, 3.05) is 13.6 Å². The van der Waals surface area contributed by atoms with Gasteiger partial charge in [0.2, 0.25) is 0 Å². The molecule has 1 saturated carbocycles. The fraction of sp³-hybridized carbons (Fsp3) is 0.667. The molecule has 2 heteroatoms. The van der Waals surface area contributed by atoms with Crippen molar-refractivity contribution in [2.45, 2.75) is 64.6 Å². The van der Waals surface area contributed by atoms with E-state index in [9.17, 15) is 0 Å². The van der Waals surface area contributed by atoms with E-state index in [0.29, 0.717) is 0 Å². The van der Waals surface area contributed by atoms with Crippen molar-refractivity contribution in [1.82, 2.24) is 10.2 Å². The average Bonchev–Trinajstić information content (AvgIpc) is 2.75. The van der Waals surface area contributed by atoms with Crippen molar-refractivity contribution in [2.24, 2.45) is 0 Å². The van der Waals surface area contributed by atoms with E-state index in [0.717, 1.165) is 25.7 Å². The molecule has 0 atom stereocenters. The summed E-state index contributed by atoms with van der Waals surface area (Å²) >= 11 is 0. The number of hydrogen-bond donors (Lipinski definition) is 1. The predicted molar refractivity (Wildman–Crippen MR) is 86.8 cm³/mol. The lowest BCUT2D eigenvalue weighted by Crippen LogP contribution is -2.30. The van der Waals surface area contributed by atoms with E-state index in [1.165, 1.54) is 49.7 Å². The third-order valence-corrected chi connectivity index (χ3v) is 4.48. The third-order valence-electron chi connectivity index (χ3n) is 4.48. The maximum Gasteiger partial charge on any atom is 0.0233 e. The summed E-state index contributed by atoms with van der Waals surface area (Å²) in [7, 11) is 2.29. The molecule has 1 aromatic carbocycles. The summed E-state index contributed by atoms with van der Waals surface area (Å²) in [6.45, 7) is 5.25. The molecule has 0 heterocycles. The number of rotatable bonds is 6. The minimum Gasteiger partial charge on any atom is -0.313 e. The molecule has 2 nitrogen and oxygen atoms in total. The van der Waals surface area contributed by atoms with Crippen LogP contribution in [-0.2, 0) is 13.1 Å². The second-order valence-electron chi connectivity index (χ2n) is 6.16. The van der Waals surface area contributed by atoms with E-state index < -0.39 is 0 Å². The molecule has 112 valence electrons. The van der Waals surface area contributed by atoms with E-state index in [1.54, 1.807) is 0 Å². The summed E-state index contributed by atoms with van der Waals surface area (Å²) in [5, 5.41) is 3.37. The van der Waals surface area contributed by atoms with Crippen molar-refractivity contribution in [3.05, 3.63) is 35.4 Å². The van der Waals surface area contributed by atoms with Crippen LogP contribution in [0.15, 0.2) is 24.3 Å². The van der Waals surface area contributed by atoms with Crippen LogP contribution in [0.1, 0.15) is 56.6 Å². The Kier molecular flexibility index (Phi) is 6.55. The molecule has 1 aromatic rings. The van der Waals surface area contributed by atoms with Crippen molar-refractivity contribution < 1.29 is 0 Å². The first-order valence-corrected chi connectivity index (χ1v) is 8.28. The first-order chi connectivity index (χ1) is 9.79. The lowest BCUT2D eigenvalue weighted by molar-refractivity contribution is 0.213. The Balaban J connectivity index is 1.85. The molecule has 0 spiro atoms. The van der Waals surface area contributed by atoms with Crippen LogP contribution in [0.2, 0.25) is 0 Å². The largest absolute Gasteiger partial charge is 0.313 e. The molecular weight excluding hydrogens is 244 g/mol. The maximum absolute atomic E-state index is 3.37. The van der Waals surface area contributed by atoms with Crippen LogP contribution >= 0.6 is 0 Å². The highest BCUT2D eigenvalue weighted by atomic mass is 15.1. The lowest BCUT2D eigenvalue weighted by atomic mass is 10.1. The fourth-order valence-electron chi connectivity index (χ4n) is 3.15. The van der Waals surface area contributed by atoms with E-state index in [2.05, 4.69) is 48.5 Å². The van der Waals surface area contributed by atoms with Gasteiger partial charge < -0.3 is 5.32 Å². The molecule has 0 aromatic heterocycles. The summed E-state index contributed by atoms with van der Waals surface area (Å²) in [5.74, 6) is 0. The van der Waals surface area contributed by atoms with Gasteiger partial charge in [-0.05, 0) is 37.6 Å². The number of nitrogens with one attached hydrogen (secondary N) is 1. The summed E-state index contributed by atoms with van der Waals surface area (Å²) in [4.78, 5) is 2.56. The van der Waals surface area contributed by atoms with Crippen LogP contribution < -0.4 is 5.32 Å². The molecule has 1 aliphatic carbocycles. The topological polar surface area (TPSA) is 15.3 Å². The molecule has 0 saturated heterocycles. The minimum atomic E-state index is 0.791. The molecule has 20 heavy (non-hydrogen) atoms. The Labute approximate surface area is 124 Å². The van der Waals surface area contributed by atoms with Crippen LogP contribution in [0.25, 0.3) is 0 Å². The first-order valence-electron chi connectivity index (χ1n) is 8.28. The Bertz CT molecular complexity index is 364. The summed E-state index contributed by atoms with van der Waals surface area (Å²) in [6, 6.07) is 9.90. The van der Waals surface area contributed by atoms with Crippen LogP contribution in [0.3, 0.4) is 0 Å². The van der Waals surface area contributed by atoms with Gasteiger partial charge in [-0.3, -0.25) is 4.90 Å². The molecule has 1 aliphatic rings. The molecule has 2 rings (SSSR count). The Morgan fingerprint density at radius 3 is 2.20 bits per heavy atom. The Hall–Kier alpha value is -0.860. The van der Waals surface area contributed by atoms with Gasteiger partial charge in [-0.25, -0.2) is 0 Å². The van der Waals surface area contributed by atoms with Crippen LogP contribution in [-0.4, -0.2) is 24.5 Å². The molecule has 0 aliphatic heterocycles. The zero-order valence-electron chi connectivity index (χ0n) is 13.2. The second kappa shape index (κ2) is 8.43. The van der Waals surface area contributed by atoms with Crippen LogP contribution in [0.5, 0.6) is 0 Å². The van der Waals surface area contributed by atoms with Crippen molar-refractivity contribution in [3.8, 4) is 0 Å². The highest BCUT2D eigenvalue weighted by molar-refractivity contribution is 5.22. The minimum absolute atomic E-state index is 0.791. The molecule has 0 bridgehead atoms. The third kappa shape index (κ3) is 4.92. The van der Waals surface area contributed by atoms with E-state index in [4.69, 9.17) is 0 Å². The molecular formula is C18H30N2. The molecule has 0 unspecified atom stereocenters. The van der Waals surface area contributed by atoms with Gasteiger partial charge in [0, 0.05) is 19.1 Å². The second-order valence-corrected chi connectivity index (χ2v) is 6.16. The SMILES string of the molecule is CCNCc1ccc(CN(C)C2CCCCCC2)cc1. The fourth-order valence-corrected chi connectivity index (χ4v) is 3.15. The highest BCUT2D eigenvalue weighted by Gasteiger charge is 2.16. The average molecular weight is 274 g/mol. The van der Waals surface area contributed by atoms with Crippen LogP contribution in [0, 0.1) is 0 Å². The smallest absolute Gasteiger partial charge is 0.0233 e. The lowest BCUT2D eigenvalue weighted by Gasteiger charge is -2.27. The monoisotopic (exact) mass is 274 g/mol. The zero-order valence-corrected chi connectivity index (χ0v) is 13.2. The van der Waals surface area contributed by atoms with Crippen molar-refractivity contribution in [3.63, 3.8) is 0 Å². The van der Waals surface area contributed by atoms with Gasteiger partial charge in [0.25, 0.3) is 0 Å². The maximum atomic E-state index is 3.37. The molecule has 1 fully saturated rings.